The lowest BCUT2D eigenvalue weighted by molar-refractivity contribution is 0.748. The molecule has 0 saturated carbocycles. The quantitative estimate of drug-likeness (QED) is 0.177. The Morgan fingerprint density at radius 1 is 0.464 bits per heavy atom. The average molecular weight is 626 g/mol. The maximum absolute atomic E-state index is 3.70. The summed E-state index contributed by atoms with van der Waals surface area (Å²) in [7, 11) is 0. The second-order valence-corrected chi connectivity index (χ2v) is 9.77. The van der Waals surface area contributed by atoms with E-state index in [-0.39, 0.29) is 0 Å². The SMILES string of the molecule is BrCc1cc2c(cc1CBr)C1c3ccccc3C2c2cc(CBr)c(CBr)cc21. The van der Waals surface area contributed by atoms with E-state index in [1.165, 1.54) is 55.6 Å². The molecule has 0 amide bonds. The van der Waals surface area contributed by atoms with Crippen LogP contribution in [0.4, 0.5) is 0 Å². The molecule has 0 heterocycles. The van der Waals surface area contributed by atoms with E-state index in [0.29, 0.717) is 11.8 Å². The molecule has 0 spiro atoms. The fourth-order valence-corrected chi connectivity index (χ4v) is 7.08. The van der Waals surface area contributed by atoms with Gasteiger partial charge in [0.05, 0.1) is 0 Å². The third kappa shape index (κ3) is 2.78. The van der Waals surface area contributed by atoms with Crippen molar-refractivity contribution in [3.8, 4) is 0 Å². The van der Waals surface area contributed by atoms with Crippen molar-refractivity contribution >= 4 is 63.7 Å². The minimum absolute atomic E-state index is 0.329. The molecule has 28 heavy (non-hydrogen) atoms. The van der Waals surface area contributed by atoms with E-state index in [0.717, 1.165) is 21.3 Å². The molecule has 6 rings (SSSR count). The molecule has 0 radical (unpaired) electrons. The third-order valence-corrected chi connectivity index (χ3v) is 8.66. The predicted octanol–water partition coefficient (Wildman–Crippen LogP) is 8.25. The first kappa shape index (κ1) is 19.5. The van der Waals surface area contributed by atoms with Gasteiger partial charge in [-0.25, -0.2) is 0 Å². The van der Waals surface area contributed by atoms with Crippen LogP contribution in [-0.2, 0) is 21.3 Å². The summed E-state index contributed by atoms with van der Waals surface area (Å²) >= 11 is 14.8. The maximum atomic E-state index is 3.70. The van der Waals surface area contributed by atoms with E-state index in [4.69, 9.17) is 0 Å². The Hall–Kier alpha value is -0.420. The lowest BCUT2D eigenvalue weighted by Crippen LogP contribution is -2.28. The van der Waals surface area contributed by atoms with Crippen LogP contribution in [0, 0.1) is 0 Å². The van der Waals surface area contributed by atoms with Crippen LogP contribution in [0.25, 0.3) is 0 Å². The number of halogens is 4. The van der Waals surface area contributed by atoms with Gasteiger partial charge < -0.3 is 0 Å². The Kier molecular flexibility index (Phi) is 5.36. The molecule has 3 aromatic carbocycles. The molecule has 0 unspecified atom stereocenters. The van der Waals surface area contributed by atoms with Crippen molar-refractivity contribution < 1.29 is 0 Å². The zero-order valence-electron chi connectivity index (χ0n) is 15.1. The van der Waals surface area contributed by atoms with E-state index in [9.17, 15) is 0 Å². The molecule has 0 fully saturated rings. The summed E-state index contributed by atoms with van der Waals surface area (Å²) in [5.74, 6) is 0.658. The standard InChI is InChI=1S/C24H18Br4/c25-9-13-5-19-21(7-15(13)11-27)24-18-4-2-1-3-17(18)23(19)20-6-14(10-26)16(12-28)8-22(20)24/h1-8,23-24H,9-12H2. The van der Waals surface area contributed by atoms with Crippen molar-refractivity contribution in [3.63, 3.8) is 0 Å². The van der Waals surface area contributed by atoms with Crippen LogP contribution < -0.4 is 0 Å². The highest BCUT2D eigenvalue weighted by Gasteiger charge is 2.41. The lowest BCUT2D eigenvalue weighted by Gasteiger charge is -2.43. The molecule has 3 aromatic rings. The van der Waals surface area contributed by atoms with Gasteiger partial charge in [0.2, 0.25) is 0 Å². The smallest absolute Gasteiger partial charge is 0.0349 e. The molecule has 3 aliphatic rings. The monoisotopic (exact) mass is 622 g/mol. The van der Waals surface area contributed by atoms with Gasteiger partial charge in [0.1, 0.15) is 0 Å². The molecular weight excluding hydrogens is 608 g/mol. The summed E-state index contributed by atoms with van der Waals surface area (Å²) in [6.07, 6.45) is 0. The molecule has 0 N–H and O–H groups in total. The van der Waals surface area contributed by atoms with Crippen LogP contribution in [0.2, 0.25) is 0 Å². The van der Waals surface area contributed by atoms with Crippen LogP contribution in [0.3, 0.4) is 0 Å². The molecule has 0 aliphatic heterocycles. The van der Waals surface area contributed by atoms with E-state index in [1.54, 1.807) is 0 Å². The molecule has 0 aromatic heterocycles. The zero-order valence-corrected chi connectivity index (χ0v) is 21.5. The van der Waals surface area contributed by atoms with Crippen molar-refractivity contribution in [2.24, 2.45) is 0 Å². The van der Waals surface area contributed by atoms with Gasteiger partial charge in [0.25, 0.3) is 0 Å². The molecule has 3 aliphatic carbocycles. The molecule has 0 nitrogen and oxygen atoms in total. The molecule has 0 atom stereocenters. The van der Waals surface area contributed by atoms with Gasteiger partial charge in [-0.15, -0.1) is 0 Å². The highest BCUT2D eigenvalue weighted by molar-refractivity contribution is 9.09. The first-order valence-corrected chi connectivity index (χ1v) is 13.8. The first-order valence-electron chi connectivity index (χ1n) is 9.35. The highest BCUT2D eigenvalue weighted by atomic mass is 79.9. The van der Waals surface area contributed by atoms with Crippen molar-refractivity contribution in [2.45, 2.75) is 33.2 Å². The first-order chi connectivity index (χ1) is 13.7. The second kappa shape index (κ2) is 7.68. The van der Waals surface area contributed by atoms with Crippen molar-refractivity contribution in [3.05, 3.63) is 104 Å². The minimum atomic E-state index is 0.329. The summed E-state index contributed by atoms with van der Waals surface area (Å²) in [6, 6.07) is 18.8. The van der Waals surface area contributed by atoms with Crippen molar-refractivity contribution in [1.82, 2.24) is 0 Å². The second-order valence-electron chi connectivity index (χ2n) is 7.53. The van der Waals surface area contributed by atoms with Crippen LogP contribution in [0.5, 0.6) is 0 Å². The largest absolute Gasteiger partial charge is 0.0876 e. The number of alkyl halides is 4. The Morgan fingerprint density at radius 2 is 0.750 bits per heavy atom. The molecule has 4 heteroatoms. The van der Waals surface area contributed by atoms with Gasteiger partial charge >= 0.3 is 0 Å². The van der Waals surface area contributed by atoms with Gasteiger partial charge in [-0.05, 0) is 55.6 Å². The minimum Gasteiger partial charge on any atom is -0.0876 e. The molecule has 2 bridgehead atoms. The van der Waals surface area contributed by atoms with Crippen molar-refractivity contribution in [2.75, 3.05) is 0 Å². The fraction of sp³-hybridized carbons (Fsp3) is 0.250. The molecule has 0 saturated heterocycles. The van der Waals surface area contributed by atoms with Gasteiger partial charge in [-0.1, -0.05) is 112 Å². The molecule has 142 valence electrons. The highest BCUT2D eigenvalue weighted by Crippen LogP contribution is 2.56. The van der Waals surface area contributed by atoms with Crippen molar-refractivity contribution in [1.29, 1.82) is 0 Å². The number of hydrogen-bond donors (Lipinski definition) is 0. The van der Waals surface area contributed by atoms with E-state index in [2.05, 4.69) is 112 Å². The average Bonchev–Trinajstić information content (AvgIpc) is 2.76. The lowest BCUT2D eigenvalue weighted by atomic mass is 9.60. The molecular formula is C24H18Br4. The van der Waals surface area contributed by atoms with Crippen LogP contribution in [0.15, 0.2) is 48.5 Å². The summed E-state index contributed by atoms with van der Waals surface area (Å²) in [6.45, 7) is 0. The number of hydrogen-bond acceptors (Lipinski definition) is 0. The Bertz CT molecular complexity index is 938. The fourth-order valence-electron chi connectivity index (χ4n) is 4.99. The topological polar surface area (TPSA) is 0 Å². The van der Waals surface area contributed by atoms with Gasteiger partial charge in [-0.3, -0.25) is 0 Å². The van der Waals surface area contributed by atoms with Crippen LogP contribution in [-0.4, -0.2) is 0 Å². The van der Waals surface area contributed by atoms with Gasteiger partial charge in [0.15, 0.2) is 0 Å². The summed E-state index contributed by atoms with van der Waals surface area (Å²) in [5.41, 5.74) is 14.5. The van der Waals surface area contributed by atoms with Gasteiger partial charge in [-0.2, -0.15) is 0 Å². The predicted molar refractivity (Wildman–Crippen MR) is 132 cm³/mol. The van der Waals surface area contributed by atoms with Crippen LogP contribution in [0.1, 0.15) is 67.5 Å². The van der Waals surface area contributed by atoms with E-state index < -0.39 is 0 Å². The Morgan fingerprint density at radius 3 is 1.00 bits per heavy atom. The van der Waals surface area contributed by atoms with E-state index >= 15 is 0 Å². The Balaban J connectivity index is 1.84. The van der Waals surface area contributed by atoms with Crippen LogP contribution >= 0.6 is 63.7 Å². The maximum Gasteiger partial charge on any atom is 0.0349 e. The summed E-state index contributed by atoms with van der Waals surface area (Å²) in [5, 5.41) is 3.56. The summed E-state index contributed by atoms with van der Waals surface area (Å²) in [4.78, 5) is 0. The Labute approximate surface area is 199 Å². The number of rotatable bonds is 4. The zero-order chi connectivity index (χ0) is 19.4. The summed E-state index contributed by atoms with van der Waals surface area (Å²) < 4.78 is 0. The van der Waals surface area contributed by atoms with Gasteiger partial charge in [0, 0.05) is 33.2 Å². The number of benzene rings is 3. The normalized spacial score (nSPS) is 18.6. The van der Waals surface area contributed by atoms with E-state index in [1.807, 2.05) is 0 Å². The third-order valence-electron chi connectivity index (χ3n) is 6.25.